The van der Waals surface area contributed by atoms with Crippen molar-refractivity contribution < 1.29 is 23.8 Å². The van der Waals surface area contributed by atoms with Gasteiger partial charge in [0, 0.05) is 12.5 Å². The number of ether oxygens (including phenoxy) is 3. The highest BCUT2D eigenvalue weighted by Crippen LogP contribution is 2.37. The lowest BCUT2D eigenvalue weighted by Crippen LogP contribution is -2.31. The molecule has 0 saturated heterocycles. The van der Waals surface area contributed by atoms with E-state index in [0.29, 0.717) is 29.1 Å². The molecule has 1 aliphatic heterocycles. The lowest BCUT2D eigenvalue weighted by Gasteiger charge is -2.22. The number of esters is 1. The number of nitrogens with zero attached hydrogens (tertiary/aromatic N) is 4. The zero-order valence-electron chi connectivity index (χ0n) is 20.7. The molecule has 2 aromatic heterocycles. The zero-order chi connectivity index (χ0) is 26.5. The van der Waals surface area contributed by atoms with E-state index in [2.05, 4.69) is 15.1 Å². The number of hydrogen-bond acceptors (Lipinski definition) is 9. The first kappa shape index (κ1) is 25.1. The van der Waals surface area contributed by atoms with Crippen molar-refractivity contribution in [2.75, 3.05) is 20.8 Å². The van der Waals surface area contributed by atoms with Gasteiger partial charge in [-0.25, -0.2) is 14.8 Å². The van der Waals surface area contributed by atoms with Crippen LogP contribution < -0.4 is 9.47 Å². The molecule has 1 aliphatic rings. The normalized spacial score (nSPS) is 15.1. The molecule has 0 bridgehead atoms. The van der Waals surface area contributed by atoms with Crippen LogP contribution in [0.15, 0.2) is 77.4 Å². The number of methoxy groups -OCH3 is 2. The van der Waals surface area contributed by atoms with Gasteiger partial charge in [0.1, 0.15) is 0 Å². The van der Waals surface area contributed by atoms with Gasteiger partial charge in [0.15, 0.2) is 18.1 Å². The number of hydrogen-bond donors (Lipinski definition) is 0. The Morgan fingerprint density at radius 2 is 1.87 bits per heavy atom. The van der Waals surface area contributed by atoms with Gasteiger partial charge in [0.05, 0.1) is 53.8 Å². The van der Waals surface area contributed by atoms with E-state index in [9.17, 15) is 9.59 Å². The summed E-state index contributed by atoms with van der Waals surface area (Å²) in [6, 6.07) is 16.4. The molecule has 0 spiro atoms. The average molecular weight is 529 g/mol. The SMILES string of the molecule is COc1ccc(C2CC(c3cccs3)=NN2C(=O)COC(=O)/C=C/c2cnc3ccccc3n2)cc1OC. The average Bonchev–Trinajstić information content (AvgIpc) is 3.65. The van der Waals surface area contributed by atoms with Crippen molar-refractivity contribution >= 4 is 46.0 Å². The maximum absolute atomic E-state index is 13.2. The summed E-state index contributed by atoms with van der Waals surface area (Å²) in [5.41, 5.74) is 3.59. The van der Waals surface area contributed by atoms with E-state index in [0.717, 1.165) is 21.7 Å². The summed E-state index contributed by atoms with van der Waals surface area (Å²) in [6.07, 6.45) is 4.80. The van der Waals surface area contributed by atoms with E-state index < -0.39 is 18.5 Å². The molecular formula is C28H24N4O5S. The van der Waals surface area contributed by atoms with Crippen molar-refractivity contribution in [1.29, 1.82) is 0 Å². The van der Waals surface area contributed by atoms with E-state index >= 15 is 0 Å². The molecule has 38 heavy (non-hydrogen) atoms. The van der Waals surface area contributed by atoms with Crippen LogP contribution in [-0.2, 0) is 14.3 Å². The third-order valence-electron chi connectivity index (χ3n) is 5.96. The number of aromatic nitrogens is 2. The fourth-order valence-corrected chi connectivity index (χ4v) is 4.82. The third kappa shape index (κ3) is 5.40. The highest BCUT2D eigenvalue weighted by Gasteiger charge is 2.34. The Labute approximate surface area is 223 Å². The maximum atomic E-state index is 13.2. The lowest BCUT2D eigenvalue weighted by molar-refractivity contribution is -0.149. The molecule has 1 unspecified atom stereocenters. The van der Waals surface area contributed by atoms with Crippen LogP contribution in [0.2, 0.25) is 0 Å². The number of fused-ring (bicyclic) bond motifs is 1. The molecule has 3 heterocycles. The van der Waals surface area contributed by atoms with Gasteiger partial charge in [-0.2, -0.15) is 5.10 Å². The maximum Gasteiger partial charge on any atom is 0.331 e. The number of para-hydroxylation sites is 2. The molecule has 192 valence electrons. The second kappa shape index (κ2) is 11.2. The fraction of sp³-hybridized carbons (Fsp3) is 0.179. The molecule has 0 radical (unpaired) electrons. The quantitative estimate of drug-likeness (QED) is 0.242. The van der Waals surface area contributed by atoms with Gasteiger partial charge >= 0.3 is 5.97 Å². The van der Waals surface area contributed by atoms with Crippen LogP contribution in [-0.4, -0.2) is 53.4 Å². The predicted molar refractivity (Wildman–Crippen MR) is 144 cm³/mol. The van der Waals surface area contributed by atoms with E-state index in [1.165, 1.54) is 17.2 Å². The summed E-state index contributed by atoms with van der Waals surface area (Å²) in [6.45, 7) is -0.461. The molecule has 0 N–H and O–H groups in total. The monoisotopic (exact) mass is 528 g/mol. The van der Waals surface area contributed by atoms with Gasteiger partial charge < -0.3 is 14.2 Å². The summed E-state index contributed by atoms with van der Waals surface area (Å²) in [5.74, 6) is 0.0277. The van der Waals surface area contributed by atoms with Gasteiger partial charge in [0.2, 0.25) is 0 Å². The zero-order valence-corrected chi connectivity index (χ0v) is 21.6. The largest absolute Gasteiger partial charge is 0.493 e. The summed E-state index contributed by atoms with van der Waals surface area (Å²) in [7, 11) is 3.12. The number of amides is 1. The van der Waals surface area contributed by atoms with Crippen molar-refractivity contribution in [1.82, 2.24) is 15.0 Å². The molecule has 4 aromatic rings. The van der Waals surface area contributed by atoms with Crippen molar-refractivity contribution in [3.63, 3.8) is 0 Å². The highest BCUT2D eigenvalue weighted by atomic mass is 32.1. The number of benzene rings is 2. The van der Waals surface area contributed by atoms with Gasteiger partial charge in [-0.15, -0.1) is 11.3 Å². The van der Waals surface area contributed by atoms with Gasteiger partial charge in [-0.05, 0) is 47.4 Å². The predicted octanol–water partition coefficient (Wildman–Crippen LogP) is 4.64. The molecule has 10 heteroatoms. The second-order valence-corrected chi connectivity index (χ2v) is 9.27. The molecule has 5 rings (SSSR count). The summed E-state index contributed by atoms with van der Waals surface area (Å²) in [5, 5.41) is 7.94. The number of carbonyl (C=O) groups excluding carboxylic acids is 2. The van der Waals surface area contributed by atoms with Gasteiger partial charge in [-0.3, -0.25) is 9.78 Å². The molecule has 9 nitrogen and oxygen atoms in total. The summed E-state index contributed by atoms with van der Waals surface area (Å²) in [4.78, 5) is 35.3. The Morgan fingerprint density at radius 3 is 2.63 bits per heavy atom. The molecule has 2 aromatic carbocycles. The van der Waals surface area contributed by atoms with Crippen LogP contribution in [0.1, 0.15) is 28.6 Å². The van der Waals surface area contributed by atoms with Crippen LogP contribution in [0, 0.1) is 0 Å². The van der Waals surface area contributed by atoms with Crippen LogP contribution in [0.25, 0.3) is 17.1 Å². The minimum atomic E-state index is -0.669. The van der Waals surface area contributed by atoms with E-state index in [4.69, 9.17) is 14.2 Å². The van der Waals surface area contributed by atoms with Crippen LogP contribution in [0.3, 0.4) is 0 Å². The number of thiophene rings is 1. The number of hydrazone groups is 1. The molecular weight excluding hydrogens is 504 g/mol. The van der Waals surface area contributed by atoms with Crippen LogP contribution >= 0.6 is 11.3 Å². The van der Waals surface area contributed by atoms with Crippen molar-refractivity contribution in [3.05, 3.63) is 88.4 Å². The smallest absolute Gasteiger partial charge is 0.331 e. The first-order chi connectivity index (χ1) is 18.6. The minimum absolute atomic E-state index is 0.387. The number of rotatable bonds is 8. The van der Waals surface area contributed by atoms with Crippen LogP contribution in [0.5, 0.6) is 11.5 Å². The standard InChI is InChI=1S/C28H24N4O5S/c1-35-24-11-9-18(14-25(24)36-2)23-15-22(26-8-5-13-38-26)31-32(23)27(33)17-37-28(34)12-10-19-16-29-20-6-3-4-7-21(20)30-19/h3-14,16,23H,15,17H2,1-2H3/b12-10+. The first-order valence-corrected chi connectivity index (χ1v) is 12.7. The van der Waals surface area contributed by atoms with Gasteiger partial charge in [0.25, 0.3) is 5.91 Å². The topological polar surface area (TPSA) is 103 Å². The Kier molecular flexibility index (Phi) is 7.41. The first-order valence-electron chi connectivity index (χ1n) is 11.8. The minimum Gasteiger partial charge on any atom is -0.493 e. The summed E-state index contributed by atoms with van der Waals surface area (Å²) < 4.78 is 16.0. The Morgan fingerprint density at radius 1 is 1.05 bits per heavy atom. The molecule has 0 fully saturated rings. The highest BCUT2D eigenvalue weighted by molar-refractivity contribution is 7.12. The fourth-order valence-electron chi connectivity index (χ4n) is 4.10. The molecule has 1 amide bonds. The van der Waals surface area contributed by atoms with E-state index in [-0.39, 0.29) is 6.04 Å². The Bertz CT molecular complexity index is 1530. The van der Waals surface area contributed by atoms with Crippen molar-refractivity contribution in [3.8, 4) is 11.5 Å². The van der Waals surface area contributed by atoms with Crippen molar-refractivity contribution in [2.45, 2.75) is 12.5 Å². The Hall–Kier alpha value is -4.57. The van der Waals surface area contributed by atoms with Gasteiger partial charge in [-0.1, -0.05) is 24.3 Å². The van der Waals surface area contributed by atoms with Crippen LogP contribution in [0.4, 0.5) is 0 Å². The molecule has 1 atom stereocenters. The van der Waals surface area contributed by atoms with E-state index in [1.807, 2.05) is 53.9 Å². The summed E-state index contributed by atoms with van der Waals surface area (Å²) >= 11 is 1.55. The van der Waals surface area contributed by atoms with Crippen molar-refractivity contribution in [2.24, 2.45) is 5.10 Å². The molecule has 0 aliphatic carbocycles. The molecule has 0 saturated carbocycles. The number of carbonyl (C=O) groups is 2. The lowest BCUT2D eigenvalue weighted by atomic mass is 10.0. The third-order valence-corrected chi connectivity index (χ3v) is 6.88. The second-order valence-electron chi connectivity index (χ2n) is 8.32. The Balaban J connectivity index is 1.30. The van der Waals surface area contributed by atoms with E-state index in [1.54, 1.807) is 37.8 Å².